The van der Waals surface area contributed by atoms with E-state index >= 15 is 0 Å². The minimum absolute atomic E-state index is 0.184. The molecule has 5 heteroatoms. The summed E-state index contributed by atoms with van der Waals surface area (Å²) in [7, 11) is 0. The smallest absolute Gasteiger partial charge is 0.316 e. The molecule has 0 aliphatic rings. The van der Waals surface area contributed by atoms with Crippen molar-refractivity contribution in [2.75, 3.05) is 5.32 Å². The fraction of sp³-hybridized carbons (Fsp3) is 0.125. The van der Waals surface area contributed by atoms with E-state index in [2.05, 4.69) is 5.32 Å². The molecule has 70 valence electrons. The third-order valence-corrected chi connectivity index (χ3v) is 1.93. The monoisotopic (exact) mass is 202 g/mol. The molecule has 0 unspecified atom stereocenters. The van der Waals surface area contributed by atoms with Crippen LogP contribution in [0.5, 0.6) is 0 Å². The maximum atomic E-state index is 12.3. The number of carbonyl (C=O) groups excluding carboxylic acids is 1. The number of rotatable bonds is 2. The number of benzene rings is 1. The largest absolute Gasteiger partial charge is 0.351 e. The van der Waals surface area contributed by atoms with Gasteiger partial charge in [0, 0.05) is 5.56 Å². The molecule has 0 bridgehead atoms. The van der Waals surface area contributed by atoms with E-state index in [9.17, 15) is 9.18 Å². The van der Waals surface area contributed by atoms with Gasteiger partial charge in [-0.1, -0.05) is 23.7 Å². The Morgan fingerprint density at radius 2 is 2.31 bits per heavy atom. The highest BCUT2D eigenvalue weighted by Gasteiger charge is 2.06. The Hall–Kier alpha value is -1.29. The van der Waals surface area contributed by atoms with Crippen molar-refractivity contribution < 1.29 is 9.18 Å². The van der Waals surface area contributed by atoms with E-state index in [1.165, 1.54) is 6.07 Å². The SMILES string of the molecule is NC(=O)Nc1cccc(CF)c1Cl. The molecule has 0 aliphatic heterocycles. The minimum atomic E-state index is -0.724. The zero-order valence-corrected chi connectivity index (χ0v) is 7.44. The number of carbonyl (C=O) groups is 1. The van der Waals surface area contributed by atoms with Crippen LogP contribution in [0.3, 0.4) is 0 Å². The third kappa shape index (κ3) is 2.32. The molecular formula is C8H8ClFN2O. The van der Waals surface area contributed by atoms with Gasteiger partial charge < -0.3 is 11.1 Å². The van der Waals surface area contributed by atoms with Gasteiger partial charge in [-0.25, -0.2) is 9.18 Å². The van der Waals surface area contributed by atoms with Crippen LogP contribution in [0.25, 0.3) is 0 Å². The molecule has 0 spiro atoms. The van der Waals surface area contributed by atoms with E-state index in [4.69, 9.17) is 17.3 Å². The first-order valence-electron chi connectivity index (χ1n) is 3.55. The summed E-state index contributed by atoms with van der Waals surface area (Å²) in [6, 6.07) is 3.95. The molecule has 2 amide bonds. The van der Waals surface area contributed by atoms with Gasteiger partial charge in [0.1, 0.15) is 6.67 Å². The molecule has 0 saturated carbocycles. The predicted octanol–water partition coefficient (Wildman–Crippen LogP) is 2.30. The van der Waals surface area contributed by atoms with Crippen LogP contribution in [0, 0.1) is 0 Å². The van der Waals surface area contributed by atoms with Gasteiger partial charge in [-0.15, -0.1) is 0 Å². The van der Waals surface area contributed by atoms with Gasteiger partial charge in [-0.3, -0.25) is 0 Å². The van der Waals surface area contributed by atoms with Gasteiger partial charge in [0.2, 0.25) is 0 Å². The number of anilines is 1. The summed E-state index contributed by atoms with van der Waals surface area (Å²) in [5, 5.41) is 2.47. The Labute approximate surface area is 79.7 Å². The summed E-state index contributed by atoms with van der Waals surface area (Å²) >= 11 is 5.74. The van der Waals surface area contributed by atoms with Crippen molar-refractivity contribution in [2.24, 2.45) is 5.73 Å². The Morgan fingerprint density at radius 3 is 2.85 bits per heavy atom. The summed E-state index contributed by atoms with van der Waals surface area (Å²) in [5.41, 5.74) is 5.53. The molecular weight excluding hydrogens is 195 g/mol. The van der Waals surface area contributed by atoms with E-state index in [1.54, 1.807) is 12.1 Å². The second-order valence-corrected chi connectivity index (χ2v) is 2.78. The quantitative estimate of drug-likeness (QED) is 0.760. The number of hydrogen-bond donors (Lipinski definition) is 2. The molecule has 3 N–H and O–H groups in total. The summed E-state index contributed by atoms with van der Waals surface area (Å²) in [6.45, 7) is -0.673. The third-order valence-electron chi connectivity index (χ3n) is 1.48. The summed E-state index contributed by atoms with van der Waals surface area (Å²) in [5.74, 6) is 0. The lowest BCUT2D eigenvalue weighted by molar-refractivity contribution is 0.259. The van der Waals surface area contributed by atoms with Crippen LogP contribution in [0.2, 0.25) is 5.02 Å². The second kappa shape index (κ2) is 4.09. The Bertz CT molecular complexity index is 330. The van der Waals surface area contributed by atoms with Gasteiger partial charge in [0.15, 0.2) is 0 Å². The fourth-order valence-electron chi connectivity index (χ4n) is 0.912. The summed E-state index contributed by atoms with van der Waals surface area (Å²) in [4.78, 5) is 10.5. The predicted molar refractivity (Wildman–Crippen MR) is 49.5 cm³/mol. The van der Waals surface area contributed by atoms with Crippen LogP contribution in [-0.2, 0) is 6.67 Å². The van der Waals surface area contributed by atoms with Crippen LogP contribution in [-0.4, -0.2) is 6.03 Å². The highest BCUT2D eigenvalue weighted by molar-refractivity contribution is 6.34. The van der Waals surface area contributed by atoms with Crippen molar-refractivity contribution in [3.8, 4) is 0 Å². The molecule has 0 aromatic heterocycles. The number of alkyl halides is 1. The van der Waals surface area contributed by atoms with Crippen LogP contribution in [0.4, 0.5) is 14.9 Å². The molecule has 13 heavy (non-hydrogen) atoms. The molecule has 1 aromatic rings. The Morgan fingerprint density at radius 1 is 1.62 bits per heavy atom. The van der Waals surface area contributed by atoms with Crippen LogP contribution >= 0.6 is 11.6 Å². The first-order chi connectivity index (χ1) is 6.15. The minimum Gasteiger partial charge on any atom is -0.351 e. The number of halogens is 2. The van der Waals surface area contributed by atoms with Crippen LogP contribution in [0.1, 0.15) is 5.56 Å². The molecule has 0 fully saturated rings. The topological polar surface area (TPSA) is 55.1 Å². The second-order valence-electron chi connectivity index (χ2n) is 2.40. The fourth-order valence-corrected chi connectivity index (χ4v) is 1.14. The highest BCUT2D eigenvalue weighted by atomic mass is 35.5. The molecule has 1 aromatic carbocycles. The Balaban J connectivity index is 3.01. The average Bonchev–Trinajstić information content (AvgIpc) is 2.08. The van der Waals surface area contributed by atoms with Gasteiger partial charge in [-0.05, 0) is 6.07 Å². The number of nitrogens with two attached hydrogens (primary N) is 1. The van der Waals surface area contributed by atoms with Gasteiger partial charge in [0.25, 0.3) is 0 Å². The van der Waals surface area contributed by atoms with Crippen molar-refractivity contribution in [2.45, 2.75) is 6.67 Å². The van der Waals surface area contributed by atoms with Gasteiger partial charge in [-0.2, -0.15) is 0 Å². The van der Waals surface area contributed by atoms with Crippen LogP contribution in [0.15, 0.2) is 18.2 Å². The maximum absolute atomic E-state index is 12.3. The zero-order valence-electron chi connectivity index (χ0n) is 6.68. The van der Waals surface area contributed by atoms with Crippen LogP contribution < -0.4 is 11.1 Å². The van der Waals surface area contributed by atoms with E-state index in [1.807, 2.05) is 0 Å². The van der Waals surface area contributed by atoms with E-state index < -0.39 is 12.7 Å². The maximum Gasteiger partial charge on any atom is 0.316 e. The number of primary amides is 1. The molecule has 0 aliphatic carbocycles. The lowest BCUT2D eigenvalue weighted by Gasteiger charge is -2.06. The van der Waals surface area contributed by atoms with E-state index in [0.29, 0.717) is 11.3 Å². The van der Waals surface area contributed by atoms with Crippen molar-refractivity contribution in [1.82, 2.24) is 0 Å². The van der Waals surface area contributed by atoms with Crippen molar-refractivity contribution in [3.05, 3.63) is 28.8 Å². The summed E-state index contributed by atoms with van der Waals surface area (Å²) < 4.78 is 12.3. The standard InChI is InChI=1S/C8H8ClFN2O/c9-7-5(4-10)2-1-3-6(7)12-8(11)13/h1-3H,4H2,(H3,11,12,13). The molecule has 0 heterocycles. The lowest BCUT2D eigenvalue weighted by atomic mass is 10.2. The Kier molecular flexibility index (Phi) is 3.08. The molecule has 0 atom stereocenters. The highest BCUT2D eigenvalue weighted by Crippen LogP contribution is 2.26. The zero-order chi connectivity index (χ0) is 9.84. The van der Waals surface area contributed by atoms with Gasteiger partial charge >= 0.3 is 6.03 Å². The number of hydrogen-bond acceptors (Lipinski definition) is 1. The molecule has 0 radical (unpaired) electrons. The van der Waals surface area contributed by atoms with Gasteiger partial charge in [0.05, 0.1) is 10.7 Å². The van der Waals surface area contributed by atoms with Crippen molar-refractivity contribution in [1.29, 1.82) is 0 Å². The number of urea groups is 1. The molecule has 1 rings (SSSR count). The lowest BCUT2D eigenvalue weighted by Crippen LogP contribution is -2.19. The first-order valence-corrected chi connectivity index (χ1v) is 3.92. The number of amides is 2. The van der Waals surface area contributed by atoms with E-state index in [-0.39, 0.29) is 5.02 Å². The van der Waals surface area contributed by atoms with Crippen molar-refractivity contribution >= 4 is 23.3 Å². The van der Waals surface area contributed by atoms with E-state index in [0.717, 1.165) is 0 Å². The molecule has 0 saturated heterocycles. The normalized spacial score (nSPS) is 9.69. The average molecular weight is 203 g/mol. The first kappa shape index (κ1) is 9.80. The summed E-state index contributed by atoms with van der Waals surface area (Å²) in [6.07, 6.45) is 0. The number of nitrogens with one attached hydrogen (secondary N) is 1. The molecule has 3 nitrogen and oxygen atoms in total. The van der Waals surface area contributed by atoms with Crippen molar-refractivity contribution in [3.63, 3.8) is 0 Å².